The van der Waals surface area contributed by atoms with Gasteiger partial charge in [-0.2, -0.15) is 18.3 Å². The second-order valence-electron chi connectivity index (χ2n) is 9.11. The van der Waals surface area contributed by atoms with Crippen molar-refractivity contribution in [3.63, 3.8) is 0 Å². The van der Waals surface area contributed by atoms with Crippen LogP contribution >= 0.6 is 0 Å². The van der Waals surface area contributed by atoms with E-state index in [4.69, 9.17) is 10.5 Å². The standard InChI is InChI=1S/C26H30F4N8O2/c1-3-17-12-18(4-5-19(17)25(39)33-8-11-40-15-16(2)31)35-23-24-34-13-21(38(24)10-7-32-23)20-14-37(9-6-27)36-22(20)26(28,29)30/h4-5,7,10,12-14,16H,3,6,8-9,11,15,31H2,1-2H3,(H,32,35)(H,33,39). The molecule has 0 radical (unpaired) electrons. The normalized spacial score (nSPS) is 12.6. The minimum absolute atomic E-state index is 0.0832. The second kappa shape index (κ2) is 12.4. The number of aromatic nitrogens is 5. The highest BCUT2D eigenvalue weighted by Gasteiger charge is 2.38. The molecule has 0 aliphatic rings. The molecule has 1 atom stereocenters. The minimum Gasteiger partial charge on any atom is -0.378 e. The Morgan fingerprint density at radius 2 is 2.05 bits per heavy atom. The van der Waals surface area contributed by atoms with E-state index in [2.05, 4.69) is 25.7 Å². The summed E-state index contributed by atoms with van der Waals surface area (Å²) in [6, 6.07) is 5.11. The fraction of sp³-hybridized carbons (Fsp3) is 0.385. The number of nitrogens with two attached hydrogens (primary N) is 1. The van der Waals surface area contributed by atoms with Crippen LogP contribution in [0, 0.1) is 0 Å². The molecule has 0 fully saturated rings. The Morgan fingerprint density at radius 3 is 2.75 bits per heavy atom. The van der Waals surface area contributed by atoms with Gasteiger partial charge in [0.05, 0.1) is 37.2 Å². The van der Waals surface area contributed by atoms with Crippen molar-refractivity contribution in [2.45, 2.75) is 39.0 Å². The highest BCUT2D eigenvalue weighted by atomic mass is 19.4. The summed E-state index contributed by atoms with van der Waals surface area (Å²) < 4.78 is 61.6. The molecule has 4 aromatic rings. The van der Waals surface area contributed by atoms with Gasteiger partial charge in [-0.3, -0.25) is 13.9 Å². The molecule has 0 saturated carbocycles. The lowest BCUT2D eigenvalue weighted by Gasteiger charge is -2.13. The van der Waals surface area contributed by atoms with E-state index >= 15 is 0 Å². The van der Waals surface area contributed by atoms with Crippen molar-refractivity contribution < 1.29 is 27.1 Å². The number of alkyl halides is 4. The Bertz CT molecular complexity index is 1460. The van der Waals surface area contributed by atoms with Crippen molar-refractivity contribution in [1.82, 2.24) is 29.5 Å². The molecule has 214 valence electrons. The van der Waals surface area contributed by atoms with Gasteiger partial charge in [0.2, 0.25) is 0 Å². The Hall–Kier alpha value is -4.04. The van der Waals surface area contributed by atoms with Crippen LogP contribution < -0.4 is 16.4 Å². The van der Waals surface area contributed by atoms with Gasteiger partial charge in [-0.25, -0.2) is 14.4 Å². The number of hydrogen-bond acceptors (Lipinski definition) is 7. The van der Waals surface area contributed by atoms with E-state index in [1.165, 1.54) is 23.0 Å². The van der Waals surface area contributed by atoms with Crippen LogP contribution in [0.5, 0.6) is 0 Å². The fourth-order valence-electron chi connectivity index (χ4n) is 4.15. The van der Waals surface area contributed by atoms with Crippen LogP contribution in [0.3, 0.4) is 0 Å². The summed E-state index contributed by atoms with van der Waals surface area (Å²) in [6.07, 6.45) is 1.19. The van der Waals surface area contributed by atoms with E-state index in [0.29, 0.717) is 43.2 Å². The van der Waals surface area contributed by atoms with Gasteiger partial charge in [-0.05, 0) is 37.1 Å². The van der Waals surface area contributed by atoms with Crippen molar-refractivity contribution in [1.29, 1.82) is 0 Å². The zero-order chi connectivity index (χ0) is 28.9. The van der Waals surface area contributed by atoms with E-state index in [-0.39, 0.29) is 35.4 Å². The first-order valence-electron chi connectivity index (χ1n) is 12.7. The maximum atomic E-state index is 13.7. The molecule has 3 aromatic heterocycles. The monoisotopic (exact) mass is 562 g/mol. The molecule has 4 rings (SSSR count). The zero-order valence-corrected chi connectivity index (χ0v) is 22.0. The highest BCUT2D eigenvalue weighted by molar-refractivity contribution is 5.96. The number of ether oxygens (including phenoxy) is 1. The van der Waals surface area contributed by atoms with Gasteiger partial charge in [0.15, 0.2) is 17.2 Å². The molecular weight excluding hydrogens is 532 g/mol. The molecule has 1 aromatic carbocycles. The molecule has 0 aliphatic carbocycles. The van der Waals surface area contributed by atoms with Crippen LogP contribution in [0.25, 0.3) is 16.9 Å². The number of benzene rings is 1. The summed E-state index contributed by atoms with van der Waals surface area (Å²) in [7, 11) is 0. The third-order valence-electron chi connectivity index (χ3n) is 5.95. The van der Waals surface area contributed by atoms with Crippen molar-refractivity contribution in [3.8, 4) is 11.3 Å². The number of anilines is 2. The number of imidazole rings is 1. The van der Waals surface area contributed by atoms with Crippen LogP contribution in [0.15, 0.2) is 43.0 Å². The first-order chi connectivity index (χ1) is 19.1. The number of carbonyl (C=O) groups is 1. The average Bonchev–Trinajstić information content (AvgIpc) is 3.53. The minimum atomic E-state index is -4.74. The molecule has 40 heavy (non-hydrogen) atoms. The molecule has 0 spiro atoms. The van der Waals surface area contributed by atoms with E-state index in [0.717, 1.165) is 16.4 Å². The van der Waals surface area contributed by atoms with Crippen molar-refractivity contribution in [2.75, 3.05) is 31.7 Å². The predicted octanol–water partition coefficient (Wildman–Crippen LogP) is 3.98. The molecule has 14 heteroatoms. The largest absolute Gasteiger partial charge is 0.435 e. The number of halogens is 4. The van der Waals surface area contributed by atoms with Crippen molar-refractivity contribution >= 4 is 23.1 Å². The van der Waals surface area contributed by atoms with Gasteiger partial charge in [0, 0.05) is 42.4 Å². The van der Waals surface area contributed by atoms with Gasteiger partial charge in [0.1, 0.15) is 6.67 Å². The number of fused-ring (bicyclic) bond motifs is 1. The van der Waals surface area contributed by atoms with Crippen LogP contribution in [0.2, 0.25) is 0 Å². The SMILES string of the molecule is CCc1cc(Nc2nccn3c(-c4cn(CCF)nc4C(F)(F)F)cnc23)ccc1C(=O)NCCOCC(C)N. The first-order valence-corrected chi connectivity index (χ1v) is 12.7. The number of nitrogens with one attached hydrogen (secondary N) is 2. The molecule has 0 saturated heterocycles. The fourth-order valence-corrected chi connectivity index (χ4v) is 4.15. The van der Waals surface area contributed by atoms with Crippen LogP contribution in [-0.2, 0) is 23.9 Å². The Balaban J connectivity index is 1.57. The first kappa shape index (κ1) is 29.0. The predicted molar refractivity (Wildman–Crippen MR) is 141 cm³/mol. The summed E-state index contributed by atoms with van der Waals surface area (Å²) in [4.78, 5) is 21.3. The van der Waals surface area contributed by atoms with E-state index in [1.54, 1.807) is 18.2 Å². The van der Waals surface area contributed by atoms with E-state index in [9.17, 15) is 22.4 Å². The molecule has 10 nitrogen and oxygen atoms in total. The lowest BCUT2D eigenvalue weighted by Crippen LogP contribution is -2.30. The summed E-state index contributed by atoms with van der Waals surface area (Å²) in [6.45, 7) is 3.68. The summed E-state index contributed by atoms with van der Waals surface area (Å²) in [5.74, 6) is 0.0590. The van der Waals surface area contributed by atoms with Crippen molar-refractivity contribution in [2.24, 2.45) is 5.73 Å². The van der Waals surface area contributed by atoms with Gasteiger partial charge in [-0.15, -0.1) is 0 Å². The quantitative estimate of drug-likeness (QED) is 0.176. The number of hydrogen-bond donors (Lipinski definition) is 3. The molecule has 3 heterocycles. The van der Waals surface area contributed by atoms with Gasteiger partial charge in [-0.1, -0.05) is 6.92 Å². The number of aryl methyl sites for hydroxylation is 2. The molecule has 1 unspecified atom stereocenters. The molecule has 0 aliphatic heterocycles. The summed E-state index contributed by atoms with van der Waals surface area (Å²) in [5.41, 5.74) is 6.60. The molecule has 0 bridgehead atoms. The molecule has 4 N–H and O–H groups in total. The van der Waals surface area contributed by atoms with Crippen molar-refractivity contribution in [3.05, 3.63) is 59.8 Å². The third kappa shape index (κ3) is 6.57. The van der Waals surface area contributed by atoms with Crippen LogP contribution in [-0.4, -0.2) is 62.5 Å². The van der Waals surface area contributed by atoms with Crippen LogP contribution in [0.1, 0.15) is 35.5 Å². The number of rotatable bonds is 12. The number of amides is 1. The Labute approximate surface area is 227 Å². The Morgan fingerprint density at radius 1 is 1.25 bits per heavy atom. The summed E-state index contributed by atoms with van der Waals surface area (Å²) in [5, 5.41) is 9.50. The van der Waals surface area contributed by atoms with Gasteiger partial charge >= 0.3 is 6.18 Å². The second-order valence-corrected chi connectivity index (χ2v) is 9.11. The highest BCUT2D eigenvalue weighted by Crippen LogP contribution is 2.37. The molecule has 1 amide bonds. The number of carbonyl (C=O) groups excluding carboxylic acids is 1. The maximum Gasteiger partial charge on any atom is 0.435 e. The molecular formula is C26H30F4N8O2. The van der Waals surface area contributed by atoms with E-state index < -0.39 is 18.5 Å². The maximum absolute atomic E-state index is 13.7. The average molecular weight is 563 g/mol. The number of nitrogens with zero attached hydrogens (tertiary/aromatic N) is 5. The van der Waals surface area contributed by atoms with E-state index in [1.807, 2.05) is 13.8 Å². The summed E-state index contributed by atoms with van der Waals surface area (Å²) >= 11 is 0. The Kier molecular flexibility index (Phi) is 9.00. The van der Waals surface area contributed by atoms with Gasteiger partial charge in [0.25, 0.3) is 5.91 Å². The van der Waals surface area contributed by atoms with Crippen LogP contribution in [0.4, 0.5) is 29.1 Å². The zero-order valence-electron chi connectivity index (χ0n) is 22.0. The smallest absolute Gasteiger partial charge is 0.378 e. The lowest BCUT2D eigenvalue weighted by molar-refractivity contribution is -0.141. The topological polar surface area (TPSA) is 124 Å². The lowest BCUT2D eigenvalue weighted by atomic mass is 10.0. The van der Waals surface area contributed by atoms with Gasteiger partial charge < -0.3 is 21.1 Å². The third-order valence-corrected chi connectivity index (χ3v) is 5.95.